The van der Waals surface area contributed by atoms with Crippen LogP contribution < -0.4 is 11.3 Å². The van der Waals surface area contributed by atoms with Crippen molar-refractivity contribution >= 4 is 29.8 Å². The summed E-state index contributed by atoms with van der Waals surface area (Å²) in [6.45, 7) is 0. The Balaban J connectivity index is 0.00000253. The topological polar surface area (TPSA) is 133 Å². The van der Waals surface area contributed by atoms with Gasteiger partial charge < -0.3 is 15.3 Å². The number of fused-ring (bicyclic) bond motifs is 1. The smallest absolute Gasteiger partial charge is 0.251 e. The van der Waals surface area contributed by atoms with Crippen molar-refractivity contribution in [1.29, 1.82) is 0 Å². The number of pyridine rings is 2. The summed E-state index contributed by atoms with van der Waals surface area (Å²) in [5.41, 5.74) is 10.5. The fraction of sp³-hybridized carbons (Fsp3) is 0.130. The molecule has 1 aliphatic rings. The second-order valence-corrected chi connectivity index (χ2v) is 8.51. The van der Waals surface area contributed by atoms with Crippen LogP contribution in [0.5, 0.6) is 0 Å². The molecule has 12 heteroatoms. The van der Waals surface area contributed by atoms with Gasteiger partial charge in [-0.2, -0.15) is 4.68 Å². The number of rotatable bonds is 4. The number of nitrogens with zero attached hydrogens (tertiary/aromatic N) is 7. The fourth-order valence-electron chi connectivity index (χ4n) is 4.45. The summed E-state index contributed by atoms with van der Waals surface area (Å²) in [6.07, 6.45) is 6.50. The molecule has 0 aliphatic carbocycles. The van der Waals surface area contributed by atoms with Crippen molar-refractivity contribution in [2.45, 2.75) is 18.9 Å². The lowest BCUT2D eigenvalue weighted by Gasteiger charge is -2.15. The van der Waals surface area contributed by atoms with Crippen LogP contribution in [0, 0.1) is 0 Å². The number of anilines is 1. The monoisotopic (exact) mass is 507 g/mol. The third-order valence-corrected chi connectivity index (χ3v) is 6.25. The Labute approximate surface area is 210 Å². The number of aryl methyl sites for hydroxylation is 1. The molecule has 0 radical (unpaired) electrons. The number of hydrogen-bond acceptors (Lipinski definition) is 7. The maximum absolute atomic E-state index is 13.3. The van der Waals surface area contributed by atoms with Crippen molar-refractivity contribution in [3.8, 4) is 28.2 Å². The molecule has 0 unspecified atom stereocenters. The van der Waals surface area contributed by atoms with Crippen LogP contribution in [0.1, 0.15) is 23.9 Å². The first-order chi connectivity index (χ1) is 16.6. The van der Waals surface area contributed by atoms with Crippen LogP contribution in [-0.4, -0.2) is 39.7 Å². The van der Waals surface area contributed by atoms with Gasteiger partial charge in [0, 0.05) is 34.1 Å². The molecule has 0 saturated carbocycles. The van der Waals surface area contributed by atoms with E-state index in [1.807, 2.05) is 28.8 Å². The van der Waals surface area contributed by atoms with Gasteiger partial charge in [-0.05, 0) is 65.2 Å². The number of H-pyrrole nitrogens is 1. The van der Waals surface area contributed by atoms with Gasteiger partial charge in [0.15, 0.2) is 0 Å². The Hall–Kier alpha value is -4.02. The highest BCUT2D eigenvalue weighted by molar-refractivity contribution is 6.31. The van der Waals surface area contributed by atoms with Crippen molar-refractivity contribution < 1.29 is 0 Å². The average Bonchev–Trinajstić information content (AvgIpc) is 3.60. The number of tetrazole rings is 1. The highest BCUT2D eigenvalue weighted by Gasteiger charge is 2.27. The first-order valence-electron chi connectivity index (χ1n) is 10.6. The molecule has 5 heterocycles. The van der Waals surface area contributed by atoms with Crippen LogP contribution in [0.15, 0.2) is 66.0 Å². The van der Waals surface area contributed by atoms with E-state index in [0.29, 0.717) is 16.7 Å². The van der Waals surface area contributed by atoms with E-state index in [9.17, 15) is 4.79 Å². The number of nitrogens with two attached hydrogens (primary N) is 1. The number of benzene rings is 1. The van der Waals surface area contributed by atoms with Gasteiger partial charge >= 0.3 is 0 Å². The van der Waals surface area contributed by atoms with E-state index < -0.39 is 0 Å². The third kappa shape index (κ3) is 4.07. The molecule has 5 aromatic rings. The molecule has 0 bridgehead atoms. The van der Waals surface area contributed by atoms with Crippen LogP contribution in [0.25, 0.3) is 28.2 Å². The number of nitrogens with one attached hydrogen (secondary N) is 1. The molecule has 3 N–H and O–H groups in total. The standard InChI is InChI=1S/C23H18ClN9O.ClH/c24-15-2-4-19(32-12-28-30-31-32)17(9-15)14-7-16-3-5-20(33(16)22(34)8-14)18-11-27-23(29-18)13-1-6-21(25)26-10-13;/h1-2,4,6-12,20H,3,5H2,(H2,25,26)(H,27,29);1H/t20-;/m0./s1. The quantitative estimate of drug-likeness (QED) is 0.380. The number of aromatic nitrogens is 8. The third-order valence-electron chi connectivity index (χ3n) is 6.01. The van der Waals surface area contributed by atoms with E-state index in [4.69, 9.17) is 17.3 Å². The summed E-state index contributed by atoms with van der Waals surface area (Å²) in [7, 11) is 0. The lowest BCUT2D eigenvalue weighted by molar-refractivity contribution is 0.588. The number of nitrogen functional groups attached to an aromatic ring is 1. The molecule has 0 spiro atoms. The fourth-order valence-corrected chi connectivity index (χ4v) is 4.62. The van der Waals surface area contributed by atoms with Gasteiger partial charge in [0.25, 0.3) is 5.56 Å². The Bertz CT molecular complexity index is 1560. The minimum Gasteiger partial charge on any atom is -0.384 e. The largest absolute Gasteiger partial charge is 0.384 e. The number of halogens is 2. The normalized spacial score (nSPS) is 14.5. The van der Waals surface area contributed by atoms with E-state index in [-0.39, 0.29) is 24.0 Å². The van der Waals surface area contributed by atoms with Crippen LogP contribution in [0.4, 0.5) is 5.82 Å². The predicted octanol–water partition coefficient (Wildman–Crippen LogP) is 3.47. The lowest BCUT2D eigenvalue weighted by atomic mass is 10.0. The van der Waals surface area contributed by atoms with Crippen molar-refractivity contribution in [3.05, 3.63) is 87.9 Å². The zero-order valence-corrected chi connectivity index (χ0v) is 19.7. The SMILES string of the molecule is Cl.Nc1ccc(-c2ncc([C@@H]3CCc4cc(-c5cc(Cl)ccc5-n5cnnn5)cc(=O)n43)[nH]2)cn1. The van der Waals surface area contributed by atoms with Gasteiger partial charge in [0.1, 0.15) is 18.0 Å². The van der Waals surface area contributed by atoms with E-state index in [2.05, 4.69) is 30.5 Å². The minimum absolute atomic E-state index is 0. The van der Waals surface area contributed by atoms with E-state index in [1.54, 1.807) is 35.3 Å². The second kappa shape index (κ2) is 8.97. The molecular formula is C23H19Cl2N9O. The van der Waals surface area contributed by atoms with Crippen molar-refractivity contribution in [1.82, 2.24) is 39.7 Å². The van der Waals surface area contributed by atoms with Crippen molar-refractivity contribution in [2.75, 3.05) is 5.73 Å². The molecule has 4 aromatic heterocycles. The van der Waals surface area contributed by atoms with Gasteiger partial charge in [-0.15, -0.1) is 17.5 Å². The lowest BCUT2D eigenvalue weighted by Crippen LogP contribution is -2.23. The zero-order chi connectivity index (χ0) is 23.2. The zero-order valence-electron chi connectivity index (χ0n) is 18.2. The Kier molecular flexibility index (Phi) is 5.83. The molecule has 176 valence electrons. The highest BCUT2D eigenvalue weighted by Crippen LogP contribution is 2.34. The molecular weight excluding hydrogens is 489 g/mol. The minimum atomic E-state index is -0.127. The maximum atomic E-state index is 13.3. The Morgan fingerprint density at radius 2 is 1.94 bits per heavy atom. The van der Waals surface area contributed by atoms with Crippen molar-refractivity contribution in [3.63, 3.8) is 0 Å². The number of imidazole rings is 1. The molecule has 0 amide bonds. The molecule has 0 fully saturated rings. The Morgan fingerprint density at radius 3 is 2.71 bits per heavy atom. The van der Waals surface area contributed by atoms with Crippen LogP contribution in [-0.2, 0) is 6.42 Å². The van der Waals surface area contributed by atoms with Gasteiger partial charge in [-0.1, -0.05) is 11.6 Å². The van der Waals surface area contributed by atoms with E-state index in [0.717, 1.165) is 46.6 Å². The molecule has 1 aliphatic heterocycles. The molecule has 35 heavy (non-hydrogen) atoms. The molecule has 10 nitrogen and oxygen atoms in total. The summed E-state index contributed by atoms with van der Waals surface area (Å²) in [6, 6.07) is 12.5. The summed E-state index contributed by atoms with van der Waals surface area (Å²) in [5, 5.41) is 12.0. The molecule has 0 saturated heterocycles. The van der Waals surface area contributed by atoms with Gasteiger partial charge in [-0.25, -0.2) is 9.97 Å². The van der Waals surface area contributed by atoms with Crippen molar-refractivity contribution in [2.24, 2.45) is 0 Å². The predicted molar refractivity (Wildman–Crippen MR) is 134 cm³/mol. The first-order valence-corrected chi connectivity index (χ1v) is 11.0. The molecule has 6 rings (SSSR count). The first kappa shape index (κ1) is 22.8. The number of hydrogen-bond donors (Lipinski definition) is 2. The average molecular weight is 508 g/mol. The van der Waals surface area contributed by atoms with E-state index in [1.165, 1.54) is 6.33 Å². The van der Waals surface area contributed by atoms with Crippen LogP contribution >= 0.6 is 24.0 Å². The maximum Gasteiger partial charge on any atom is 0.251 e. The summed E-state index contributed by atoms with van der Waals surface area (Å²) in [4.78, 5) is 25.3. The van der Waals surface area contributed by atoms with Gasteiger partial charge in [0.2, 0.25) is 0 Å². The summed E-state index contributed by atoms with van der Waals surface area (Å²) >= 11 is 6.28. The second-order valence-electron chi connectivity index (χ2n) is 8.07. The van der Waals surface area contributed by atoms with Gasteiger partial charge in [0.05, 0.1) is 23.6 Å². The molecule has 1 atom stereocenters. The molecule has 1 aromatic carbocycles. The number of aromatic amines is 1. The van der Waals surface area contributed by atoms with Crippen LogP contribution in [0.2, 0.25) is 5.02 Å². The Morgan fingerprint density at radius 1 is 1.06 bits per heavy atom. The highest BCUT2D eigenvalue weighted by atomic mass is 35.5. The summed E-state index contributed by atoms with van der Waals surface area (Å²) < 4.78 is 3.38. The van der Waals surface area contributed by atoms with E-state index >= 15 is 0 Å². The van der Waals surface area contributed by atoms with Gasteiger partial charge in [-0.3, -0.25) is 4.79 Å². The van der Waals surface area contributed by atoms with Crippen LogP contribution in [0.3, 0.4) is 0 Å². The summed E-state index contributed by atoms with van der Waals surface area (Å²) in [5.74, 6) is 1.14.